The van der Waals surface area contributed by atoms with E-state index in [1.807, 2.05) is 13.8 Å². The Bertz CT molecular complexity index is 3640. The van der Waals surface area contributed by atoms with Gasteiger partial charge in [0.05, 0.1) is 42.2 Å². The van der Waals surface area contributed by atoms with Crippen molar-refractivity contribution in [1.29, 1.82) is 0 Å². The molecule has 0 aliphatic carbocycles. The Kier molecular flexibility index (Phi) is 17.9. The molecule has 6 amide bonds. The Labute approximate surface area is 488 Å². The van der Waals surface area contributed by atoms with Crippen molar-refractivity contribution >= 4 is 109 Å². The van der Waals surface area contributed by atoms with Crippen LogP contribution in [0, 0.1) is 12.8 Å². The molecule has 10 bridgehead atoms. The highest BCUT2D eigenvalue weighted by atomic mass is 32.1. The first-order valence-electron chi connectivity index (χ1n) is 25.1. The van der Waals surface area contributed by atoms with E-state index in [0.29, 0.717) is 79.5 Å². The number of nitrogens with one attached hydrogen (secondary N) is 5. The predicted octanol–water partition coefficient (Wildman–Crippen LogP) is 8.68. The van der Waals surface area contributed by atoms with Crippen LogP contribution in [-0.2, 0) is 25.7 Å². The average molecular weight is 1210 g/mol. The number of anilines is 1. The van der Waals surface area contributed by atoms with Crippen LogP contribution in [0.15, 0.2) is 64.0 Å². The molecule has 1 aliphatic heterocycles. The average Bonchev–Trinajstić information content (AvgIpc) is 4.40. The van der Waals surface area contributed by atoms with Gasteiger partial charge in [0.15, 0.2) is 0 Å². The number of aryl methyl sites for hydroxylation is 1. The van der Waals surface area contributed by atoms with Crippen LogP contribution in [0.4, 0.5) is 10.6 Å². The molecule has 0 saturated carbocycles. The lowest BCUT2D eigenvalue weighted by atomic mass is 10.0. The molecule has 1 aliphatic rings. The molecule has 4 atom stereocenters. The van der Waals surface area contributed by atoms with Crippen LogP contribution in [0.25, 0.3) is 43.4 Å². The molecule has 0 spiro atoms. The van der Waals surface area contributed by atoms with Gasteiger partial charge in [-0.2, -0.15) is 0 Å². The maximum Gasteiger partial charge on any atom is 0.415 e. The van der Waals surface area contributed by atoms with E-state index in [1.54, 1.807) is 98.7 Å². The summed E-state index contributed by atoms with van der Waals surface area (Å²) in [5.74, 6) is -2.74. The van der Waals surface area contributed by atoms with Gasteiger partial charge < -0.3 is 41.2 Å². The summed E-state index contributed by atoms with van der Waals surface area (Å²) in [4.78, 5) is 119. The fourth-order valence-corrected chi connectivity index (χ4v) is 13.7. The van der Waals surface area contributed by atoms with Crippen LogP contribution >= 0.6 is 68.0 Å². The molecule has 9 rings (SSSR count). The monoisotopic (exact) mass is 1210 g/mol. The highest BCUT2D eigenvalue weighted by molar-refractivity contribution is 7.15. The van der Waals surface area contributed by atoms with E-state index in [9.17, 15) is 33.9 Å². The molecule has 0 fully saturated rings. The number of benzene rings is 1. The largest absolute Gasteiger partial charge is 0.443 e. The molecule has 8 aromatic rings. The van der Waals surface area contributed by atoms with Gasteiger partial charge in [0, 0.05) is 53.2 Å². The molecule has 28 heteroatoms. The van der Waals surface area contributed by atoms with E-state index in [-0.39, 0.29) is 36.0 Å². The van der Waals surface area contributed by atoms with Gasteiger partial charge in [-0.25, -0.2) is 39.7 Å². The fraction of sp³-hybridized carbons (Fsp3) is 0.340. The van der Waals surface area contributed by atoms with E-state index in [4.69, 9.17) is 44.4 Å². The lowest BCUT2D eigenvalue weighted by Crippen LogP contribution is -2.40. The summed E-state index contributed by atoms with van der Waals surface area (Å²) >= 11 is 7.25. The molecule has 0 unspecified atom stereocenters. The van der Waals surface area contributed by atoms with Gasteiger partial charge in [0.1, 0.15) is 87.8 Å². The number of ether oxygens (including phenoxy) is 2. The minimum atomic E-state index is -1.27. The normalized spacial score (nSPS) is 16.7. The molecule has 0 radical (unpaired) electrons. The second kappa shape index (κ2) is 24.8. The van der Waals surface area contributed by atoms with Crippen LogP contribution < -0.4 is 31.5 Å². The highest BCUT2D eigenvalue weighted by Gasteiger charge is 2.33. The number of amides is 6. The summed E-state index contributed by atoms with van der Waals surface area (Å²) < 4.78 is 11.0. The minimum Gasteiger partial charge on any atom is -0.443 e. The fourth-order valence-electron chi connectivity index (χ4n) is 8.15. The zero-order valence-corrected chi connectivity index (χ0v) is 50.0. The van der Waals surface area contributed by atoms with Crippen molar-refractivity contribution in [2.75, 3.05) is 32.6 Å². The Morgan fingerprint density at radius 2 is 1.42 bits per heavy atom. The summed E-state index contributed by atoms with van der Waals surface area (Å²) in [6.07, 6.45) is -2.06. The first-order chi connectivity index (χ1) is 38.7. The summed E-state index contributed by atoms with van der Waals surface area (Å²) in [6, 6.07) is 9.58. The van der Waals surface area contributed by atoms with Gasteiger partial charge in [-0.15, -0.1) is 68.0 Å². The van der Waals surface area contributed by atoms with Crippen molar-refractivity contribution in [1.82, 2.24) is 61.5 Å². The molecule has 6 N–H and O–H groups in total. The van der Waals surface area contributed by atoms with Gasteiger partial charge in [-0.3, -0.25) is 28.9 Å². The zero-order valence-electron chi connectivity index (χ0n) is 45.1. The number of carbonyl (C=O) groups is 6. The number of nitrogens with zero attached hydrogens (tertiary/aromatic N) is 8. The molecule has 422 valence electrons. The van der Waals surface area contributed by atoms with Crippen molar-refractivity contribution in [3.05, 3.63) is 111 Å². The number of aromatic nitrogens is 7. The third-order valence-electron chi connectivity index (χ3n) is 12.2. The number of carbonyl (C=O) groups excluding carboxylic acids is 6. The Hall–Kier alpha value is -7.31. The third kappa shape index (κ3) is 13.4. The van der Waals surface area contributed by atoms with E-state index in [1.165, 1.54) is 75.7 Å². The molecular weight excluding hydrogens is 1160 g/mol. The molecule has 22 nitrogen and oxygen atoms in total. The SMILES string of the molecule is CNC(=O)C[C@@H]1NC(=O)c2csc(n2)-c2ccc(-c3nc(N(C)C(=O)OC(C)(C)C)cs3)nc2-c2csc(n2)-c2csc(n2)[C@H]([C@@H](O)c2ccccc2)NC(=O)CNC(=O)c2nc(sc2COC)[C@@H](C(C)C)NC(=O)c2nc1sc2C. The number of fused-ring (bicyclic) bond motifs is 14. The topological polar surface area (TPSA) is 295 Å². The Morgan fingerprint density at radius 1 is 0.728 bits per heavy atom. The molecular formula is C53H55N13O9S6. The lowest BCUT2D eigenvalue weighted by molar-refractivity contribution is -0.122. The number of hydrogen-bond donors (Lipinski definition) is 6. The smallest absolute Gasteiger partial charge is 0.415 e. The van der Waals surface area contributed by atoms with Crippen LogP contribution in [0.1, 0.15) is 127 Å². The number of rotatable bonds is 9. The quantitative estimate of drug-likeness (QED) is 0.0787. The van der Waals surface area contributed by atoms with Gasteiger partial charge in [0.2, 0.25) is 11.8 Å². The van der Waals surface area contributed by atoms with Crippen molar-refractivity contribution in [2.24, 2.45) is 5.92 Å². The summed E-state index contributed by atoms with van der Waals surface area (Å²) in [5.41, 5.74) is 2.09. The molecule has 0 saturated heterocycles. The van der Waals surface area contributed by atoms with Gasteiger partial charge in [0.25, 0.3) is 17.7 Å². The van der Waals surface area contributed by atoms with Crippen LogP contribution in [0.2, 0.25) is 0 Å². The van der Waals surface area contributed by atoms with Gasteiger partial charge >= 0.3 is 6.09 Å². The van der Waals surface area contributed by atoms with Crippen molar-refractivity contribution in [3.8, 4) is 43.4 Å². The maximum absolute atomic E-state index is 14.3. The van der Waals surface area contributed by atoms with E-state index >= 15 is 0 Å². The standard InChI is InChI=1S/C53H55N13O9S6/c1-24(2)37-51-65-40(33(81-51)19-74-9)44(71)55-18-36(68)62-41(42(69)26-13-11-10-12-14-26)50-60-32(22-78-50)48-58-30(20-77-48)39-27(15-16-28(56-39)47-61-34(23-79-47)66(8)52(73)75-53(4,5)6)46-59-31(21-76-46)43(70)57-29(17-35(67)54-7)49-64-38(25(3)80-49)45(72)63-37/h10-16,20-24,29,37,41-42,69H,17-19H2,1-9H3,(H,54,67)(H,55,71)(H,57,70)(H,62,68)(H,63,72)/t29-,37+,41-,42-/m0/s1. The van der Waals surface area contributed by atoms with Crippen LogP contribution in [0.3, 0.4) is 0 Å². The van der Waals surface area contributed by atoms with E-state index in [2.05, 4.69) is 26.6 Å². The number of aliphatic hydroxyl groups is 1. The number of aliphatic hydroxyl groups excluding tert-OH is 1. The summed E-state index contributed by atoms with van der Waals surface area (Å²) in [5, 5.41) is 35.3. The van der Waals surface area contributed by atoms with Crippen LogP contribution in [-0.4, -0.2) is 109 Å². The number of pyridine rings is 1. The summed E-state index contributed by atoms with van der Waals surface area (Å²) in [6.45, 7) is 10.3. The first-order valence-corrected chi connectivity index (χ1v) is 30.2. The second-order valence-electron chi connectivity index (χ2n) is 19.7. The first kappa shape index (κ1) is 58.3. The number of methoxy groups -OCH3 is 1. The molecule has 8 heterocycles. The van der Waals surface area contributed by atoms with Gasteiger partial charge in [-0.1, -0.05) is 44.2 Å². The molecule has 81 heavy (non-hydrogen) atoms. The van der Waals surface area contributed by atoms with E-state index in [0.717, 1.165) is 11.3 Å². The minimum absolute atomic E-state index is 0.00315. The third-order valence-corrected chi connectivity index (χ3v) is 18.0. The van der Waals surface area contributed by atoms with Crippen molar-refractivity contribution < 1.29 is 43.3 Å². The zero-order chi connectivity index (χ0) is 57.9. The van der Waals surface area contributed by atoms with E-state index < -0.39 is 72.0 Å². The highest BCUT2D eigenvalue weighted by Crippen LogP contribution is 2.40. The second-order valence-corrected chi connectivity index (χ2v) is 25.5. The summed E-state index contributed by atoms with van der Waals surface area (Å²) in [7, 11) is 4.52. The van der Waals surface area contributed by atoms with Gasteiger partial charge in [-0.05, 0) is 51.3 Å². The Morgan fingerprint density at radius 3 is 2.15 bits per heavy atom. The maximum atomic E-state index is 14.3. The number of hydrogen-bond acceptors (Lipinski definition) is 22. The lowest BCUT2D eigenvalue weighted by Gasteiger charge is -2.23. The molecule has 1 aromatic carbocycles. The Balaban J connectivity index is 1.13. The van der Waals surface area contributed by atoms with Crippen molar-refractivity contribution in [2.45, 2.75) is 84.4 Å². The van der Waals surface area contributed by atoms with Crippen molar-refractivity contribution in [3.63, 3.8) is 0 Å². The predicted molar refractivity (Wildman–Crippen MR) is 312 cm³/mol. The molecule has 7 aromatic heterocycles. The number of thiazole rings is 6. The van der Waals surface area contributed by atoms with Crippen LogP contribution in [0.5, 0.6) is 0 Å².